The van der Waals surface area contributed by atoms with Crippen LogP contribution in [-0.2, 0) is 0 Å². The van der Waals surface area contributed by atoms with Gasteiger partial charge in [-0.15, -0.1) is 0 Å². The van der Waals surface area contributed by atoms with Gasteiger partial charge < -0.3 is 0 Å². The third kappa shape index (κ3) is 1.31. The molecule has 0 bridgehead atoms. The Balaban J connectivity index is 2.36. The molecule has 0 aliphatic carbocycles. The Bertz CT molecular complexity index is 354. The van der Waals surface area contributed by atoms with Crippen LogP contribution in [0.1, 0.15) is 0 Å². The second-order valence-electron chi connectivity index (χ2n) is 2.53. The van der Waals surface area contributed by atoms with Crippen LogP contribution in [0.15, 0.2) is 36.3 Å². The third-order valence-corrected chi connectivity index (χ3v) is 1.65. The lowest BCUT2D eigenvalue weighted by atomic mass is 10.4. The second-order valence-corrected chi connectivity index (χ2v) is 2.53. The molecule has 1 fully saturated rings. The predicted octanol–water partition coefficient (Wildman–Crippen LogP) is 0.646. The lowest BCUT2D eigenvalue weighted by Gasteiger charge is -2.26. The first-order chi connectivity index (χ1) is 6.27. The van der Waals surface area contributed by atoms with E-state index in [1.54, 1.807) is 30.5 Å². The maximum atomic E-state index is 11.2. The Morgan fingerprint density at radius 3 is 2.77 bits per heavy atom. The molecule has 0 saturated carbocycles. The topological polar surface area (TPSA) is 61.4 Å². The number of carbonyl (C=O) groups excluding carboxylic acids is 2. The number of fused-ring (bicyclic) bond motifs is 1. The average Bonchev–Trinajstić information content (AvgIpc) is 2.28. The molecule has 0 aromatic carbocycles. The molecule has 5 heteroatoms. The maximum Gasteiger partial charge on any atom is 0.335 e. The summed E-state index contributed by atoms with van der Waals surface area (Å²) in [5.41, 5.74) is 0. The van der Waals surface area contributed by atoms with E-state index in [0.29, 0.717) is 5.82 Å². The van der Waals surface area contributed by atoms with Crippen LogP contribution in [0.3, 0.4) is 0 Å². The number of urea groups is 2. The van der Waals surface area contributed by atoms with Crippen LogP contribution in [0.5, 0.6) is 0 Å². The number of nitrogens with zero attached hydrogens (tertiary/aromatic N) is 1. The van der Waals surface area contributed by atoms with Gasteiger partial charge >= 0.3 is 12.1 Å². The van der Waals surface area contributed by atoms with Crippen molar-refractivity contribution < 1.29 is 9.59 Å². The molecule has 0 aromatic heterocycles. The minimum atomic E-state index is -0.504. The summed E-state index contributed by atoms with van der Waals surface area (Å²) in [5.74, 6) is 0.457. The van der Waals surface area contributed by atoms with Crippen molar-refractivity contribution in [1.82, 2.24) is 15.5 Å². The smallest absolute Gasteiger partial charge is 0.293 e. The van der Waals surface area contributed by atoms with Crippen molar-refractivity contribution in [2.75, 3.05) is 0 Å². The SMILES string of the molecule is O=C1NC(=O)N2C=CC=CC=C2N1. The van der Waals surface area contributed by atoms with Crippen molar-refractivity contribution in [3.63, 3.8) is 0 Å². The Morgan fingerprint density at radius 2 is 1.92 bits per heavy atom. The molecule has 0 radical (unpaired) electrons. The van der Waals surface area contributed by atoms with Crippen molar-refractivity contribution in [2.45, 2.75) is 0 Å². The molecule has 5 nitrogen and oxygen atoms in total. The summed E-state index contributed by atoms with van der Waals surface area (Å²) in [6.07, 6.45) is 8.44. The van der Waals surface area contributed by atoms with Crippen LogP contribution in [0.25, 0.3) is 0 Å². The highest BCUT2D eigenvalue weighted by molar-refractivity contribution is 5.98. The molecule has 66 valence electrons. The molecule has 0 unspecified atom stereocenters. The molecule has 2 rings (SSSR count). The number of nitrogens with one attached hydrogen (secondary N) is 2. The standard InChI is InChI=1S/C8H7N3O2/c12-7-9-6-4-2-1-3-5-11(6)8(13)10-7/h1-5H,(H2,9,10,12,13). The van der Waals surface area contributed by atoms with Gasteiger partial charge in [0.1, 0.15) is 5.82 Å². The molecule has 0 atom stereocenters. The van der Waals surface area contributed by atoms with E-state index in [4.69, 9.17) is 0 Å². The first-order valence-electron chi connectivity index (χ1n) is 3.74. The van der Waals surface area contributed by atoms with E-state index in [1.807, 2.05) is 0 Å². The van der Waals surface area contributed by atoms with Gasteiger partial charge in [0.15, 0.2) is 0 Å². The summed E-state index contributed by atoms with van der Waals surface area (Å²) >= 11 is 0. The zero-order valence-electron chi connectivity index (χ0n) is 6.65. The highest BCUT2D eigenvalue weighted by Gasteiger charge is 2.25. The Morgan fingerprint density at radius 1 is 1.08 bits per heavy atom. The van der Waals surface area contributed by atoms with Crippen LogP contribution < -0.4 is 10.6 Å². The molecular formula is C8H7N3O2. The molecule has 4 amide bonds. The molecular weight excluding hydrogens is 170 g/mol. The first kappa shape index (κ1) is 7.60. The van der Waals surface area contributed by atoms with Gasteiger partial charge in [0.2, 0.25) is 0 Å². The Kier molecular flexibility index (Phi) is 1.63. The lowest BCUT2D eigenvalue weighted by molar-refractivity contribution is 0.205. The lowest BCUT2D eigenvalue weighted by Crippen LogP contribution is -2.53. The van der Waals surface area contributed by atoms with Crippen LogP contribution in [-0.4, -0.2) is 17.0 Å². The number of hydrogen-bond acceptors (Lipinski definition) is 2. The highest BCUT2D eigenvalue weighted by Crippen LogP contribution is 2.09. The summed E-state index contributed by atoms with van der Waals surface area (Å²) in [4.78, 5) is 23.4. The van der Waals surface area contributed by atoms with E-state index in [2.05, 4.69) is 10.6 Å². The molecule has 0 aromatic rings. The minimum Gasteiger partial charge on any atom is -0.293 e. The van der Waals surface area contributed by atoms with E-state index < -0.39 is 12.1 Å². The summed E-state index contributed by atoms with van der Waals surface area (Å²) in [5, 5.41) is 4.63. The molecule has 13 heavy (non-hydrogen) atoms. The first-order valence-corrected chi connectivity index (χ1v) is 3.74. The fourth-order valence-electron chi connectivity index (χ4n) is 1.09. The van der Waals surface area contributed by atoms with E-state index in [1.165, 1.54) is 4.90 Å². The fourth-order valence-corrected chi connectivity index (χ4v) is 1.09. The van der Waals surface area contributed by atoms with Gasteiger partial charge in [-0.1, -0.05) is 12.2 Å². The zero-order valence-corrected chi connectivity index (χ0v) is 6.65. The van der Waals surface area contributed by atoms with E-state index in [-0.39, 0.29) is 0 Å². The molecule has 2 aliphatic rings. The number of rotatable bonds is 0. The van der Waals surface area contributed by atoms with Crippen molar-refractivity contribution in [3.05, 3.63) is 36.3 Å². The zero-order chi connectivity index (χ0) is 9.26. The largest absolute Gasteiger partial charge is 0.335 e. The molecule has 2 N–H and O–H groups in total. The number of amides is 4. The molecule has 2 aliphatic heterocycles. The van der Waals surface area contributed by atoms with Gasteiger partial charge in [0, 0.05) is 6.20 Å². The van der Waals surface area contributed by atoms with Crippen molar-refractivity contribution >= 4 is 12.1 Å². The second kappa shape index (κ2) is 2.78. The van der Waals surface area contributed by atoms with Crippen LogP contribution in [0.4, 0.5) is 9.59 Å². The van der Waals surface area contributed by atoms with Gasteiger partial charge in [-0.05, 0) is 12.2 Å². The number of carbonyl (C=O) groups is 2. The van der Waals surface area contributed by atoms with E-state index in [9.17, 15) is 9.59 Å². The van der Waals surface area contributed by atoms with Gasteiger partial charge in [0.25, 0.3) is 0 Å². The van der Waals surface area contributed by atoms with Gasteiger partial charge in [0.05, 0.1) is 0 Å². The highest BCUT2D eigenvalue weighted by atomic mass is 16.2. The molecule has 1 saturated heterocycles. The minimum absolute atomic E-state index is 0.449. The molecule has 2 heterocycles. The van der Waals surface area contributed by atoms with Gasteiger partial charge in [-0.3, -0.25) is 15.5 Å². The quantitative estimate of drug-likeness (QED) is 0.570. The summed E-state index contributed by atoms with van der Waals surface area (Å²) in [6.45, 7) is 0. The van der Waals surface area contributed by atoms with E-state index in [0.717, 1.165) is 0 Å². The van der Waals surface area contributed by atoms with Gasteiger partial charge in [-0.2, -0.15) is 0 Å². The van der Waals surface area contributed by atoms with E-state index >= 15 is 0 Å². The average molecular weight is 177 g/mol. The normalized spacial score (nSPS) is 20.0. The van der Waals surface area contributed by atoms with Crippen LogP contribution in [0.2, 0.25) is 0 Å². The third-order valence-electron chi connectivity index (χ3n) is 1.65. The van der Waals surface area contributed by atoms with Crippen LogP contribution in [0, 0.1) is 0 Å². The Labute approximate surface area is 74.4 Å². The monoisotopic (exact) mass is 177 g/mol. The number of imide groups is 1. The molecule has 0 spiro atoms. The van der Waals surface area contributed by atoms with Crippen molar-refractivity contribution in [2.24, 2.45) is 0 Å². The summed E-state index contributed by atoms with van der Waals surface area (Å²) < 4.78 is 0. The van der Waals surface area contributed by atoms with Crippen molar-refractivity contribution in [1.29, 1.82) is 0 Å². The van der Waals surface area contributed by atoms with Crippen molar-refractivity contribution in [3.8, 4) is 0 Å². The number of allylic oxidation sites excluding steroid dienone is 4. The maximum absolute atomic E-state index is 11.2. The van der Waals surface area contributed by atoms with Crippen LogP contribution >= 0.6 is 0 Å². The number of hydrogen-bond donors (Lipinski definition) is 2. The predicted molar refractivity (Wildman–Crippen MR) is 45.3 cm³/mol. The summed E-state index contributed by atoms with van der Waals surface area (Å²) in [7, 11) is 0. The Hall–Kier alpha value is -2.04. The fraction of sp³-hybridized carbons (Fsp3) is 0. The van der Waals surface area contributed by atoms with Gasteiger partial charge in [-0.25, -0.2) is 9.59 Å². The summed E-state index contributed by atoms with van der Waals surface area (Å²) in [6, 6.07) is -0.953.